The first kappa shape index (κ1) is 14.6. The predicted molar refractivity (Wildman–Crippen MR) is 77.2 cm³/mol. The third-order valence-corrected chi connectivity index (χ3v) is 3.14. The molecule has 0 aliphatic carbocycles. The van der Waals surface area contributed by atoms with Gasteiger partial charge in [0.15, 0.2) is 0 Å². The fraction of sp³-hybridized carbons (Fsp3) is 0.214. The van der Waals surface area contributed by atoms with Gasteiger partial charge in [-0.05, 0) is 25.1 Å². The van der Waals surface area contributed by atoms with Gasteiger partial charge in [-0.15, -0.1) is 0 Å². The van der Waals surface area contributed by atoms with Gasteiger partial charge in [0.1, 0.15) is 0 Å². The van der Waals surface area contributed by atoms with E-state index in [-0.39, 0.29) is 5.56 Å². The lowest BCUT2D eigenvalue weighted by Gasteiger charge is -2.08. The van der Waals surface area contributed by atoms with Crippen LogP contribution in [0.5, 0.6) is 0 Å². The number of nitrogens with zero attached hydrogens (tertiary/aromatic N) is 2. The SMILES string of the molecule is Cc1c(CNC(=O)Nc2cccc(C(=O)O)c2)cnn1C. The molecule has 0 fully saturated rings. The van der Waals surface area contributed by atoms with Gasteiger partial charge in [0.2, 0.25) is 0 Å². The molecule has 2 amide bonds. The van der Waals surface area contributed by atoms with E-state index in [0.717, 1.165) is 11.3 Å². The number of rotatable bonds is 4. The van der Waals surface area contributed by atoms with Crippen LogP contribution in [0.4, 0.5) is 10.5 Å². The Hall–Kier alpha value is -2.83. The van der Waals surface area contributed by atoms with Crippen molar-refractivity contribution < 1.29 is 14.7 Å². The summed E-state index contributed by atoms with van der Waals surface area (Å²) < 4.78 is 1.73. The molecule has 0 bridgehead atoms. The van der Waals surface area contributed by atoms with Crippen molar-refractivity contribution >= 4 is 17.7 Å². The molecule has 7 nitrogen and oxygen atoms in total. The molecule has 7 heteroatoms. The zero-order valence-electron chi connectivity index (χ0n) is 11.8. The Bertz CT molecular complexity index is 679. The number of nitrogens with one attached hydrogen (secondary N) is 2. The molecular weight excluding hydrogens is 272 g/mol. The summed E-state index contributed by atoms with van der Waals surface area (Å²) in [6.45, 7) is 2.27. The van der Waals surface area contributed by atoms with E-state index in [0.29, 0.717) is 12.2 Å². The standard InChI is InChI=1S/C14H16N4O3/c1-9-11(8-16-18(9)2)7-15-14(21)17-12-5-3-4-10(6-12)13(19)20/h3-6,8H,7H2,1-2H3,(H,19,20)(H2,15,17,21). The maximum absolute atomic E-state index is 11.8. The number of anilines is 1. The van der Waals surface area contributed by atoms with Gasteiger partial charge in [-0.25, -0.2) is 9.59 Å². The molecule has 0 aliphatic rings. The van der Waals surface area contributed by atoms with Crippen molar-refractivity contribution in [2.45, 2.75) is 13.5 Å². The van der Waals surface area contributed by atoms with Gasteiger partial charge in [0.25, 0.3) is 0 Å². The zero-order chi connectivity index (χ0) is 15.4. The molecule has 2 aromatic rings. The lowest BCUT2D eigenvalue weighted by molar-refractivity contribution is 0.0697. The number of urea groups is 1. The zero-order valence-corrected chi connectivity index (χ0v) is 11.8. The van der Waals surface area contributed by atoms with E-state index in [1.165, 1.54) is 12.1 Å². The number of carboxylic acid groups (broad SMARTS) is 1. The number of amides is 2. The topological polar surface area (TPSA) is 96.2 Å². The molecule has 1 heterocycles. The number of aromatic carboxylic acids is 1. The molecule has 0 radical (unpaired) electrons. The molecule has 0 aliphatic heterocycles. The second-order valence-electron chi connectivity index (χ2n) is 4.57. The van der Waals surface area contributed by atoms with Gasteiger partial charge in [-0.1, -0.05) is 6.07 Å². The van der Waals surface area contributed by atoms with Crippen molar-refractivity contribution in [3.05, 3.63) is 47.3 Å². The number of hydrogen-bond donors (Lipinski definition) is 3. The molecule has 0 atom stereocenters. The molecule has 3 N–H and O–H groups in total. The van der Waals surface area contributed by atoms with E-state index in [9.17, 15) is 9.59 Å². The van der Waals surface area contributed by atoms with Crippen LogP contribution in [0.15, 0.2) is 30.5 Å². The highest BCUT2D eigenvalue weighted by Gasteiger charge is 2.08. The Morgan fingerprint density at radius 2 is 2.14 bits per heavy atom. The highest BCUT2D eigenvalue weighted by Crippen LogP contribution is 2.11. The van der Waals surface area contributed by atoms with Gasteiger partial charge in [-0.3, -0.25) is 4.68 Å². The number of benzene rings is 1. The summed E-state index contributed by atoms with van der Waals surface area (Å²) in [4.78, 5) is 22.6. The molecule has 2 rings (SSSR count). The summed E-state index contributed by atoms with van der Waals surface area (Å²) >= 11 is 0. The van der Waals surface area contributed by atoms with Crippen LogP contribution in [0.1, 0.15) is 21.6 Å². The van der Waals surface area contributed by atoms with Crippen LogP contribution in [0.25, 0.3) is 0 Å². The largest absolute Gasteiger partial charge is 0.478 e. The first-order valence-electron chi connectivity index (χ1n) is 6.33. The van der Waals surface area contributed by atoms with Crippen LogP contribution in [-0.2, 0) is 13.6 Å². The Labute approximate surface area is 121 Å². The Morgan fingerprint density at radius 1 is 1.38 bits per heavy atom. The number of carbonyl (C=O) groups is 2. The van der Waals surface area contributed by atoms with Gasteiger partial charge in [-0.2, -0.15) is 5.10 Å². The second-order valence-corrected chi connectivity index (χ2v) is 4.57. The lowest BCUT2D eigenvalue weighted by Crippen LogP contribution is -2.28. The van der Waals surface area contributed by atoms with E-state index in [1.54, 1.807) is 23.0 Å². The van der Waals surface area contributed by atoms with Crippen molar-refractivity contribution in [3.8, 4) is 0 Å². The molecule has 110 valence electrons. The molecule has 0 saturated carbocycles. The first-order valence-corrected chi connectivity index (χ1v) is 6.33. The van der Waals surface area contributed by atoms with Crippen molar-refractivity contribution in [2.75, 3.05) is 5.32 Å². The maximum atomic E-state index is 11.8. The fourth-order valence-electron chi connectivity index (χ4n) is 1.80. The van der Waals surface area contributed by atoms with E-state index in [1.807, 2.05) is 14.0 Å². The summed E-state index contributed by atoms with van der Waals surface area (Å²) in [6, 6.07) is 5.66. The van der Waals surface area contributed by atoms with Crippen molar-refractivity contribution in [1.29, 1.82) is 0 Å². The Balaban J connectivity index is 1.94. The van der Waals surface area contributed by atoms with Crippen LogP contribution >= 0.6 is 0 Å². The van der Waals surface area contributed by atoms with E-state index < -0.39 is 12.0 Å². The third kappa shape index (κ3) is 3.59. The van der Waals surface area contributed by atoms with Gasteiger partial charge in [0, 0.05) is 30.5 Å². The van der Waals surface area contributed by atoms with E-state index in [4.69, 9.17) is 5.11 Å². The summed E-state index contributed by atoms with van der Waals surface area (Å²) in [5, 5.41) is 18.3. The average Bonchev–Trinajstić information content (AvgIpc) is 2.77. The molecule has 0 spiro atoms. The summed E-state index contributed by atoms with van der Waals surface area (Å²) in [7, 11) is 1.83. The smallest absolute Gasteiger partial charge is 0.335 e. The van der Waals surface area contributed by atoms with Gasteiger partial charge >= 0.3 is 12.0 Å². The van der Waals surface area contributed by atoms with Crippen molar-refractivity contribution in [2.24, 2.45) is 7.05 Å². The monoisotopic (exact) mass is 288 g/mol. The first-order chi connectivity index (χ1) is 9.97. The number of carboxylic acids is 1. The Morgan fingerprint density at radius 3 is 2.76 bits per heavy atom. The highest BCUT2D eigenvalue weighted by atomic mass is 16.4. The highest BCUT2D eigenvalue weighted by molar-refractivity contribution is 5.93. The second kappa shape index (κ2) is 6.08. The Kier molecular flexibility index (Phi) is 4.22. The van der Waals surface area contributed by atoms with E-state index in [2.05, 4.69) is 15.7 Å². The molecular formula is C14H16N4O3. The van der Waals surface area contributed by atoms with Crippen molar-refractivity contribution in [3.63, 3.8) is 0 Å². The summed E-state index contributed by atoms with van der Waals surface area (Å²) in [6.07, 6.45) is 1.70. The minimum atomic E-state index is -1.04. The number of hydrogen-bond acceptors (Lipinski definition) is 3. The van der Waals surface area contributed by atoms with Gasteiger partial charge in [0.05, 0.1) is 11.8 Å². The molecule has 1 aromatic carbocycles. The quantitative estimate of drug-likeness (QED) is 0.798. The average molecular weight is 288 g/mol. The fourth-order valence-corrected chi connectivity index (χ4v) is 1.80. The molecule has 0 saturated heterocycles. The van der Waals surface area contributed by atoms with Crippen LogP contribution in [-0.4, -0.2) is 26.9 Å². The minimum absolute atomic E-state index is 0.121. The van der Waals surface area contributed by atoms with Crippen LogP contribution in [0, 0.1) is 6.92 Å². The molecule has 0 unspecified atom stereocenters. The van der Waals surface area contributed by atoms with Crippen LogP contribution < -0.4 is 10.6 Å². The van der Waals surface area contributed by atoms with E-state index >= 15 is 0 Å². The number of carbonyl (C=O) groups excluding carboxylic acids is 1. The lowest BCUT2D eigenvalue weighted by atomic mass is 10.2. The number of aromatic nitrogens is 2. The van der Waals surface area contributed by atoms with Gasteiger partial charge < -0.3 is 15.7 Å². The van der Waals surface area contributed by atoms with Crippen molar-refractivity contribution in [1.82, 2.24) is 15.1 Å². The molecule has 1 aromatic heterocycles. The number of aryl methyl sites for hydroxylation is 1. The molecule has 21 heavy (non-hydrogen) atoms. The normalized spacial score (nSPS) is 10.2. The maximum Gasteiger partial charge on any atom is 0.335 e. The minimum Gasteiger partial charge on any atom is -0.478 e. The van der Waals surface area contributed by atoms with Crippen LogP contribution in [0.3, 0.4) is 0 Å². The summed E-state index contributed by atoms with van der Waals surface area (Å²) in [5.74, 6) is -1.04. The third-order valence-electron chi connectivity index (χ3n) is 3.14. The van der Waals surface area contributed by atoms with Crippen LogP contribution in [0.2, 0.25) is 0 Å². The predicted octanol–water partition coefficient (Wildman–Crippen LogP) is 1.75. The summed E-state index contributed by atoms with van der Waals surface area (Å²) in [5.41, 5.74) is 2.45.